The van der Waals surface area contributed by atoms with Crippen LogP contribution in [-0.2, 0) is 6.42 Å². The summed E-state index contributed by atoms with van der Waals surface area (Å²) < 4.78 is 0. The Balaban J connectivity index is 2.13. The van der Waals surface area contributed by atoms with Gasteiger partial charge in [-0.25, -0.2) is 0 Å². The van der Waals surface area contributed by atoms with Crippen molar-refractivity contribution < 1.29 is 5.11 Å². The number of benzene rings is 2. The van der Waals surface area contributed by atoms with Crippen LogP contribution < -0.4 is 5.32 Å². The van der Waals surface area contributed by atoms with Crippen LogP contribution >= 0.6 is 0 Å². The summed E-state index contributed by atoms with van der Waals surface area (Å²) in [6, 6.07) is 10.5. The van der Waals surface area contributed by atoms with E-state index < -0.39 is 0 Å². The van der Waals surface area contributed by atoms with E-state index in [1.54, 1.807) is 6.07 Å². The third-order valence-electron chi connectivity index (χ3n) is 4.38. The van der Waals surface area contributed by atoms with Crippen molar-refractivity contribution in [2.24, 2.45) is 0 Å². The van der Waals surface area contributed by atoms with Crippen molar-refractivity contribution in [3.8, 4) is 5.75 Å². The van der Waals surface area contributed by atoms with Crippen LogP contribution in [-0.4, -0.2) is 11.7 Å². The first-order valence-electron chi connectivity index (χ1n) is 7.19. The van der Waals surface area contributed by atoms with E-state index in [9.17, 15) is 5.11 Å². The quantitative estimate of drug-likeness (QED) is 0.828. The van der Waals surface area contributed by atoms with Crippen molar-refractivity contribution in [2.45, 2.75) is 33.2 Å². The molecule has 0 aliphatic carbocycles. The Labute approximate surface area is 120 Å². The summed E-state index contributed by atoms with van der Waals surface area (Å²) in [4.78, 5) is 0. The third kappa shape index (κ3) is 2.20. The number of aromatic hydroxyl groups is 1. The number of rotatable bonds is 1. The molecule has 0 saturated heterocycles. The molecule has 0 amide bonds. The molecule has 1 aliphatic heterocycles. The lowest BCUT2D eigenvalue weighted by molar-refractivity contribution is 0.470. The lowest BCUT2D eigenvalue weighted by Gasteiger charge is -2.29. The number of phenolic OH excluding ortho intramolecular Hbond substituents is 1. The standard InChI is InChI=1S/C18H21NO/c1-11-8-13(3)16(9-12(11)2)18-17-10-15(20)5-4-14(17)6-7-19-18/h4-5,8-10,18-20H,6-7H2,1-3H3. The SMILES string of the molecule is Cc1cc(C)c(C2NCCc3ccc(O)cc32)cc1C. The van der Waals surface area contributed by atoms with Crippen LogP contribution in [0.3, 0.4) is 0 Å². The zero-order valence-electron chi connectivity index (χ0n) is 12.3. The molecule has 0 bridgehead atoms. The molecule has 1 unspecified atom stereocenters. The predicted octanol–water partition coefficient (Wildman–Crippen LogP) is 3.55. The van der Waals surface area contributed by atoms with Gasteiger partial charge in [0.25, 0.3) is 0 Å². The molecule has 0 aromatic heterocycles. The lowest BCUT2D eigenvalue weighted by Crippen LogP contribution is -2.31. The van der Waals surface area contributed by atoms with E-state index in [4.69, 9.17) is 0 Å². The molecule has 2 N–H and O–H groups in total. The zero-order valence-corrected chi connectivity index (χ0v) is 12.3. The summed E-state index contributed by atoms with van der Waals surface area (Å²) in [5, 5.41) is 13.4. The first kappa shape index (κ1) is 13.2. The van der Waals surface area contributed by atoms with Gasteiger partial charge < -0.3 is 10.4 Å². The molecule has 0 saturated carbocycles. The summed E-state index contributed by atoms with van der Waals surface area (Å²) in [5.74, 6) is 0.346. The highest BCUT2D eigenvalue weighted by Gasteiger charge is 2.23. The lowest BCUT2D eigenvalue weighted by atomic mass is 9.86. The van der Waals surface area contributed by atoms with Crippen molar-refractivity contribution in [1.82, 2.24) is 5.32 Å². The second kappa shape index (κ2) is 4.95. The summed E-state index contributed by atoms with van der Waals surface area (Å²) >= 11 is 0. The minimum atomic E-state index is 0.185. The average Bonchev–Trinajstić information content (AvgIpc) is 2.42. The molecule has 2 aromatic rings. The highest BCUT2D eigenvalue weighted by molar-refractivity contribution is 5.47. The molecule has 2 aromatic carbocycles. The van der Waals surface area contributed by atoms with Crippen molar-refractivity contribution in [3.63, 3.8) is 0 Å². The zero-order chi connectivity index (χ0) is 14.3. The molecular formula is C18H21NO. The van der Waals surface area contributed by atoms with E-state index in [1.165, 1.54) is 33.4 Å². The highest BCUT2D eigenvalue weighted by atomic mass is 16.3. The van der Waals surface area contributed by atoms with Crippen molar-refractivity contribution in [3.05, 3.63) is 63.7 Å². The molecule has 104 valence electrons. The Morgan fingerprint density at radius 3 is 2.50 bits per heavy atom. The van der Waals surface area contributed by atoms with Gasteiger partial charge in [-0.3, -0.25) is 0 Å². The van der Waals surface area contributed by atoms with Gasteiger partial charge >= 0.3 is 0 Å². The predicted molar refractivity (Wildman–Crippen MR) is 82.3 cm³/mol. The third-order valence-corrected chi connectivity index (χ3v) is 4.38. The smallest absolute Gasteiger partial charge is 0.115 e. The van der Waals surface area contributed by atoms with Gasteiger partial charge in [-0.1, -0.05) is 18.2 Å². The van der Waals surface area contributed by atoms with Gasteiger partial charge in [-0.15, -0.1) is 0 Å². The van der Waals surface area contributed by atoms with Crippen LogP contribution in [0.2, 0.25) is 0 Å². The maximum Gasteiger partial charge on any atom is 0.115 e. The van der Waals surface area contributed by atoms with E-state index in [0.717, 1.165) is 13.0 Å². The second-order valence-electron chi connectivity index (χ2n) is 5.81. The second-order valence-corrected chi connectivity index (χ2v) is 5.81. The summed E-state index contributed by atoms with van der Waals surface area (Å²) in [6.45, 7) is 7.46. The molecular weight excluding hydrogens is 246 g/mol. The summed E-state index contributed by atoms with van der Waals surface area (Å²) in [5.41, 5.74) is 7.83. The van der Waals surface area contributed by atoms with Crippen molar-refractivity contribution in [1.29, 1.82) is 0 Å². The minimum absolute atomic E-state index is 0.185. The van der Waals surface area contributed by atoms with E-state index in [1.807, 2.05) is 6.07 Å². The maximum atomic E-state index is 9.79. The van der Waals surface area contributed by atoms with Crippen LogP contribution in [0, 0.1) is 20.8 Å². The fourth-order valence-electron chi connectivity index (χ4n) is 3.11. The molecule has 3 rings (SSSR count). The molecule has 1 atom stereocenters. The Hall–Kier alpha value is -1.80. The normalized spacial score (nSPS) is 17.9. The van der Waals surface area contributed by atoms with Gasteiger partial charge in [0.2, 0.25) is 0 Å². The van der Waals surface area contributed by atoms with Crippen LogP contribution in [0.5, 0.6) is 5.75 Å². The molecule has 2 nitrogen and oxygen atoms in total. The van der Waals surface area contributed by atoms with E-state index in [0.29, 0.717) is 5.75 Å². The Bertz CT molecular complexity index is 661. The fourth-order valence-corrected chi connectivity index (χ4v) is 3.11. The van der Waals surface area contributed by atoms with Crippen LogP contribution in [0.1, 0.15) is 39.4 Å². The number of hydrogen-bond acceptors (Lipinski definition) is 2. The highest BCUT2D eigenvalue weighted by Crippen LogP contribution is 2.33. The van der Waals surface area contributed by atoms with Gasteiger partial charge in [-0.2, -0.15) is 0 Å². The monoisotopic (exact) mass is 267 g/mol. The molecule has 0 radical (unpaired) electrons. The molecule has 1 heterocycles. The number of phenols is 1. The van der Waals surface area contributed by atoms with Crippen LogP contribution in [0.4, 0.5) is 0 Å². The Morgan fingerprint density at radius 1 is 0.950 bits per heavy atom. The van der Waals surface area contributed by atoms with Gasteiger partial charge in [0.1, 0.15) is 5.75 Å². The number of aryl methyl sites for hydroxylation is 3. The van der Waals surface area contributed by atoms with Crippen molar-refractivity contribution >= 4 is 0 Å². The minimum Gasteiger partial charge on any atom is -0.508 e. The first-order chi connectivity index (χ1) is 9.56. The van der Waals surface area contributed by atoms with Crippen molar-refractivity contribution in [2.75, 3.05) is 6.54 Å². The summed E-state index contributed by atoms with van der Waals surface area (Å²) in [7, 11) is 0. The van der Waals surface area contributed by atoms with Gasteiger partial charge in [0, 0.05) is 6.54 Å². The van der Waals surface area contributed by atoms with E-state index in [2.05, 4.69) is 44.3 Å². The number of hydrogen-bond donors (Lipinski definition) is 2. The Kier molecular flexibility index (Phi) is 3.27. The largest absolute Gasteiger partial charge is 0.508 e. The van der Waals surface area contributed by atoms with E-state index in [-0.39, 0.29) is 6.04 Å². The molecule has 20 heavy (non-hydrogen) atoms. The molecule has 0 fully saturated rings. The van der Waals surface area contributed by atoms with Crippen LogP contribution in [0.25, 0.3) is 0 Å². The van der Waals surface area contributed by atoms with Gasteiger partial charge in [0.05, 0.1) is 6.04 Å². The van der Waals surface area contributed by atoms with Gasteiger partial charge in [0.15, 0.2) is 0 Å². The number of fused-ring (bicyclic) bond motifs is 1. The fraction of sp³-hybridized carbons (Fsp3) is 0.333. The maximum absolute atomic E-state index is 9.79. The van der Waals surface area contributed by atoms with E-state index >= 15 is 0 Å². The summed E-state index contributed by atoms with van der Waals surface area (Å²) in [6.07, 6.45) is 1.02. The average molecular weight is 267 g/mol. The molecule has 2 heteroatoms. The molecule has 0 spiro atoms. The number of nitrogens with one attached hydrogen (secondary N) is 1. The topological polar surface area (TPSA) is 32.3 Å². The van der Waals surface area contributed by atoms with Gasteiger partial charge in [-0.05, 0) is 72.7 Å². The van der Waals surface area contributed by atoms with Crippen LogP contribution in [0.15, 0.2) is 30.3 Å². The molecule has 1 aliphatic rings. The Morgan fingerprint density at radius 2 is 1.70 bits per heavy atom. The first-order valence-corrected chi connectivity index (χ1v) is 7.19.